The Bertz CT molecular complexity index is 509. The highest BCUT2D eigenvalue weighted by molar-refractivity contribution is 6.31. The van der Waals surface area contributed by atoms with Gasteiger partial charge in [-0.3, -0.25) is 9.48 Å². The van der Waals surface area contributed by atoms with Crippen molar-refractivity contribution in [3.63, 3.8) is 0 Å². The molecule has 0 fully saturated rings. The Balaban J connectivity index is 2.76. The molecular weight excluding hydrogens is 290 g/mol. The molecule has 1 aromatic heterocycles. The molecule has 0 aromatic carbocycles. The molecule has 1 atom stereocenters. The van der Waals surface area contributed by atoms with Crippen LogP contribution in [-0.2, 0) is 11.3 Å². The molecule has 0 spiro atoms. The van der Waals surface area contributed by atoms with Gasteiger partial charge in [0.05, 0.1) is 5.69 Å². The minimum absolute atomic E-state index is 0.0536. The number of aromatic nitrogens is 2. The summed E-state index contributed by atoms with van der Waals surface area (Å²) in [6.45, 7) is 8.71. The minimum Gasteiger partial charge on any atom is -0.396 e. The molecule has 5 nitrogen and oxygen atoms in total. The summed E-state index contributed by atoms with van der Waals surface area (Å²) >= 11 is 6.30. The van der Waals surface area contributed by atoms with Crippen molar-refractivity contribution in [2.24, 2.45) is 5.92 Å². The normalized spacial score (nSPS) is 13.1. The van der Waals surface area contributed by atoms with E-state index in [2.05, 4.69) is 24.3 Å². The second-order valence-corrected chi connectivity index (χ2v) is 5.98. The predicted octanol–water partition coefficient (Wildman–Crippen LogP) is 2.40. The number of carbonyl (C=O) groups excluding carboxylic acids is 1. The lowest BCUT2D eigenvalue weighted by Crippen LogP contribution is -2.31. The zero-order valence-corrected chi connectivity index (χ0v) is 13.8. The van der Waals surface area contributed by atoms with Gasteiger partial charge < -0.3 is 10.4 Å². The van der Waals surface area contributed by atoms with Gasteiger partial charge in [0.25, 0.3) is 0 Å². The Morgan fingerprint density at radius 1 is 1.48 bits per heavy atom. The summed E-state index contributed by atoms with van der Waals surface area (Å²) in [5.41, 5.74) is 1.57. The highest BCUT2D eigenvalue weighted by Crippen LogP contribution is 2.22. The number of aliphatic hydroxyl groups is 1. The molecule has 0 aliphatic rings. The molecule has 0 bridgehead atoms. The van der Waals surface area contributed by atoms with E-state index in [4.69, 9.17) is 16.7 Å². The van der Waals surface area contributed by atoms with Gasteiger partial charge >= 0.3 is 0 Å². The van der Waals surface area contributed by atoms with Crippen LogP contribution in [0, 0.1) is 12.8 Å². The SMILES string of the molecule is Cc1nn(CC(C)C)c(Cl)c1/C=C/C(=O)NC(C)CCO. The van der Waals surface area contributed by atoms with Crippen molar-refractivity contribution < 1.29 is 9.90 Å². The van der Waals surface area contributed by atoms with E-state index in [0.717, 1.165) is 17.8 Å². The summed E-state index contributed by atoms with van der Waals surface area (Å²) in [7, 11) is 0. The Hall–Kier alpha value is -1.33. The molecule has 1 aromatic rings. The van der Waals surface area contributed by atoms with Crippen LogP contribution >= 0.6 is 11.6 Å². The third-order valence-electron chi connectivity index (χ3n) is 3.00. The summed E-state index contributed by atoms with van der Waals surface area (Å²) in [5, 5.41) is 16.5. The lowest BCUT2D eigenvalue weighted by molar-refractivity contribution is -0.117. The van der Waals surface area contributed by atoms with Gasteiger partial charge in [-0.1, -0.05) is 25.4 Å². The van der Waals surface area contributed by atoms with Gasteiger partial charge in [-0.15, -0.1) is 0 Å². The average molecular weight is 314 g/mol. The topological polar surface area (TPSA) is 67.2 Å². The molecule has 118 valence electrons. The van der Waals surface area contributed by atoms with Crippen molar-refractivity contribution in [2.75, 3.05) is 6.61 Å². The fraction of sp³-hybridized carbons (Fsp3) is 0.600. The summed E-state index contributed by atoms with van der Waals surface area (Å²) in [6.07, 6.45) is 3.66. The summed E-state index contributed by atoms with van der Waals surface area (Å²) in [4.78, 5) is 11.8. The third kappa shape index (κ3) is 5.52. The zero-order chi connectivity index (χ0) is 16.0. The van der Waals surface area contributed by atoms with E-state index in [1.54, 1.807) is 10.8 Å². The maximum Gasteiger partial charge on any atom is 0.244 e. The number of halogens is 1. The number of hydrogen-bond donors (Lipinski definition) is 2. The van der Waals surface area contributed by atoms with Crippen LogP contribution in [0.15, 0.2) is 6.08 Å². The summed E-state index contributed by atoms with van der Waals surface area (Å²) < 4.78 is 1.76. The summed E-state index contributed by atoms with van der Waals surface area (Å²) in [5.74, 6) is 0.240. The quantitative estimate of drug-likeness (QED) is 0.760. The van der Waals surface area contributed by atoms with E-state index < -0.39 is 0 Å². The van der Waals surface area contributed by atoms with Gasteiger partial charge in [-0.05, 0) is 32.3 Å². The lowest BCUT2D eigenvalue weighted by Gasteiger charge is -2.09. The van der Waals surface area contributed by atoms with Gasteiger partial charge in [0.15, 0.2) is 0 Å². The molecule has 1 heterocycles. The Morgan fingerprint density at radius 2 is 2.14 bits per heavy atom. The number of aryl methyl sites for hydroxylation is 1. The number of nitrogens with one attached hydrogen (secondary N) is 1. The fourth-order valence-corrected chi connectivity index (χ4v) is 2.25. The average Bonchev–Trinajstić information content (AvgIpc) is 2.61. The number of rotatable bonds is 7. The molecular formula is C15H24ClN3O2. The third-order valence-corrected chi connectivity index (χ3v) is 3.40. The molecule has 0 saturated heterocycles. The number of amides is 1. The molecule has 1 amide bonds. The van der Waals surface area contributed by atoms with Gasteiger partial charge in [-0.25, -0.2) is 0 Å². The molecule has 6 heteroatoms. The van der Waals surface area contributed by atoms with Crippen molar-refractivity contribution in [3.8, 4) is 0 Å². The Labute approximate surface area is 131 Å². The van der Waals surface area contributed by atoms with Crippen molar-refractivity contribution in [3.05, 3.63) is 22.5 Å². The molecule has 2 N–H and O–H groups in total. The van der Waals surface area contributed by atoms with Crippen molar-refractivity contribution in [1.82, 2.24) is 15.1 Å². The van der Waals surface area contributed by atoms with Crippen LogP contribution in [0.3, 0.4) is 0 Å². The first-order valence-electron chi connectivity index (χ1n) is 7.17. The highest BCUT2D eigenvalue weighted by atomic mass is 35.5. The van der Waals surface area contributed by atoms with Crippen LogP contribution in [0.5, 0.6) is 0 Å². The molecule has 0 aliphatic carbocycles. The molecule has 0 radical (unpaired) electrons. The Morgan fingerprint density at radius 3 is 2.71 bits per heavy atom. The fourth-order valence-electron chi connectivity index (χ4n) is 1.94. The summed E-state index contributed by atoms with van der Waals surface area (Å²) in [6, 6.07) is -0.0626. The van der Waals surface area contributed by atoms with E-state index in [-0.39, 0.29) is 18.6 Å². The van der Waals surface area contributed by atoms with Crippen LogP contribution in [0.25, 0.3) is 6.08 Å². The van der Waals surface area contributed by atoms with E-state index >= 15 is 0 Å². The lowest BCUT2D eigenvalue weighted by atomic mass is 10.2. The first-order chi connectivity index (χ1) is 9.85. The van der Waals surface area contributed by atoms with Crippen LogP contribution in [0.2, 0.25) is 5.15 Å². The number of carbonyl (C=O) groups is 1. The van der Waals surface area contributed by atoms with Crippen molar-refractivity contribution in [1.29, 1.82) is 0 Å². The van der Waals surface area contributed by atoms with E-state index in [9.17, 15) is 4.79 Å². The van der Waals surface area contributed by atoms with Crippen LogP contribution in [-0.4, -0.2) is 33.4 Å². The maximum absolute atomic E-state index is 11.8. The van der Waals surface area contributed by atoms with Gasteiger partial charge in [0, 0.05) is 30.8 Å². The molecule has 21 heavy (non-hydrogen) atoms. The highest BCUT2D eigenvalue weighted by Gasteiger charge is 2.12. The first-order valence-corrected chi connectivity index (χ1v) is 7.55. The van der Waals surface area contributed by atoms with Crippen LogP contribution in [0.1, 0.15) is 38.4 Å². The second-order valence-electron chi connectivity index (χ2n) is 5.62. The molecule has 1 rings (SSSR count). The standard InChI is InChI=1S/C15H24ClN3O2/c1-10(2)9-19-15(16)13(12(4)18-19)5-6-14(21)17-11(3)7-8-20/h5-6,10-11,20H,7-9H2,1-4H3,(H,17,21)/b6-5+. The second kappa shape index (κ2) is 8.20. The predicted molar refractivity (Wildman–Crippen MR) is 85.2 cm³/mol. The van der Waals surface area contributed by atoms with Crippen molar-refractivity contribution >= 4 is 23.6 Å². The van der Waals surface area contributed by atoms with E-state index in [0.29, 0.717) is 17.5 Å². The molecule has 0 saturated carbocycles. The number of aliphatic hydroxyl groups excluding tert-OH is 1. The van der Waals surface area contributed by atoms with Gasteiger partial charge in [0.1, 0.15) is 5.15 Å². The number of hydrogen-bond acceptors (Lipinski definition) is 3. The monoisotopic (exact) mass is 313 g/mol. The number of nitrogens with zero attached hydrogens (tertiary/aromatic N) is 2. The van der Waals surface area contributed by atoms with E-state index in [1.165, 1.54) is 6.08 Å². The minimum atomic E-state index is -0.206. The van der Waals surface area contributed by atoms with Crippen LogP contribution < -0.4 is 5.32 Å². The Kier molecular flexibility index (Phi) is 6.92. The smallest absolute Gasteiger partial charge is 0.244 e. The zero-order valence-electron chi connectivity index (χ0n) is 13.1. The largest absolute Gasteiger partial charge is 0.396 e. The van der Waals surface area contributed by atoms with Crippen LogP contribution in [0.4, 0.5) is 0 Å². The van der Waals surface area contributed by atoms with Gasteiger partial charge in [-0.2, -0.15) is 5.10 Å². The maximum atomic E-state index is 11.8. The van der Waals surface area contributed by atoms with Gasteiger partial charge in [0.2, 0.25) is 5.91 Å². The molecule has 1 unspecified atom stereocenters. The first kappa shape index (κ1) is 17.7. The van der Waals surface area contributed by atoms with E-state index in [1.807, 2.05) is 13.8 Å². The van der Waals surface area contributed by atoms with Crippen molar-refractivity contribution in [2.45, 2.75) is 46.7 Å². The molecule has 0 aliphatic heterocycles.